The Morgan fingerprint density at radius 1 is 0.262 bits per heavy atom. The summed E-state index contributed by atoms with van der Waals surface area (Å²) in [4.78, 5) is 125. The van der Waals surface area contributed by atoms with Crippen LogP contribution in [0.3, 0.4) is 0 Å². The average molecular weight is 1800 g/mol. The maximum Gasteiger partial charge on any atom is 0.471 e. The van der Waals surface area contributed by atoms with Crippen LogP contribution in [0.25, 0.3) is 0 Å². The highest BCUT2D eigenvalue weighted by atomic mass is 19.4. The molecule has 0 bridgehead atoms. The van der Waals surface area contributed by atoms with Gasteiger partial charge in [-0.25, -0.2) is 0 Å². The third-order valence-corrected chi connectivity index (χ3v) is 18.5. The van der Waals surface area contributed by atoms with Crippen molar-refractivity contribution in [3.8, 4) is 11.5 Å². The summed E-state index contributed by atoms with van der Waals surface area (Å²) in [6.45, 7) is -15.9. The predicted molar refractivity (Wildman–Crippen MR) is 384 cm³/mol. The lowest BCUT2D eigenvalue weighted by Gasteiger charge is -2.36. The molecule has 0 aliphatic heterocycles. The Bertz CT molecular complexity index is 3720. The van der Waals surface area contributed by atoms with Crippen molar-refractivity contribution in [1.29, 1.82) is 0 Å². The van der Waals surface area contributed by atoms with Crippen LogP contribution in [0.1, 0.15) is 139 Å². The number of unbranched alkanes of at least 4 members (excludes halogenated alkanes) is 5. The molecule has 122 heavy (non-hydrogen) atoms. The van der Waals surface area contributed by atoms with E-state index >= 15 is 0 Å². The molecule has 22 nitrogen and oxygen atoms in total. The first-order chi connectivity index (χ1) is 56.7. The SMILES string of the molecule is CCCCCC(=O)CCC(=O)OCCCN(CCCN(CCCCN(CCCN(CCCCN(CCCN(CCCCN(CCCN(CCCOC(c1ccccc1)(c1ccc(OC)cc1)c1ccc(OC)cc1)C(=O)C(F)(F)F)C(=O)C(F)(F)F)C(=O)C(F)(F)F)C(=O)C(F)(F)F)C(=O)C(F)(F)F)C(=O)C(F)(F)F)C(=O)C(F)(F)F)C(=O)C(F)(F)F. The molecule has 0 aliphatic carbocycles. The van der Waals surface area contributed by atoms with Gasteiger partial charge in [0.2, 0.25) is 0 Å². The molecule has 0 unspecified atom stereocenters. The molecular formula is C76H94F24N8O14. The number of rotatable bonds is 52. The van der Waals surface area contributed by atoms with E-state index in [1.54, 1.807) is 78.9 Å². The van der Waals surface area contributed by atoms with Crippen LogP contribution in [0.4, 0.5) is 105 Å². The van der Waals surface area contributed by atoms with Gasteiger partial charge in [-0.2, -0.15) is 105 Å². The highest BCUT2D eigenvalue weighted by Crippen LogP contribution is 2.42. The number of methoxy groups -OCH3 is 2. The number of Topliss-reactive ketones (excluding diaryl/α,β-unsaturated/α-hetero) is 1. The van der Waals surface area contributed by atoms with E-state index in [1.807, 2.05) is 6.92 Å². The zero-order chi connectivity index (χ0) is 92.3. The van der Waals surface area contributed by atoms with Crippen LogP contribution in [0.5, 0.6) is 11.5 Å². The van der Waals surface area contributed by atoms with E-state index in [2.05, 4.69) is 0 Å². The minimum atomic E-state index is -5.79. The maximum atomic E-state index is 14.1. The highest BCUT2D eigenvalue weighted by Gasteiger charge is 2.50. The van der Waals surface area contributed by atoms with Crippen LogP contribution in [0, 0.1) is 0 Å². The fourth-order valence-corrected chi connectivity index (χ4v) is 12.6. The molecule has 0 radical (unpaired) electrons. The molecule has 0 N–H and O–H groups in total. The Balaban J connectivity index is 1.71. The molecule has 0 aromatic heterocycles. The lowest BCUT2D eigenvalue weighted by molar-refractivity contribution is -0.187. The smallest absolute Gasteiger partial charge is 0.471 e. The first-order valence-electron chi connectivity index (χ1n) is 38.2. The maximum absolute atomic E-state index is 14.1. The molecule has 0 aliphatic rings. The van der Waals surface area contributed by atoms with Crippen molar-refractivity contribution >= 4 is 59.0 Å². The zero-order valence-electron chi connectivity index (χ0n) is 66.3. The summed E-state index contributed by atoms with van der Waals surface area (Å²) in [5, 5.41) is 0. The molecule has 690 valence electrons. The molecule has 0 heterocycles. The molecule has 0 saturated carbocycles. The number of hydrogen-bond donors (Lipinski definition) is 0. The molecule has 0 spiro atoms. The Labute approximate surface area is 685 Å². The Morgan fingerprint density at radius 2 is 0.492 bits per heavy atom. The number of ketones is 1. The topological polar surface area (TPSA) is 234 Å². The predicted octanol–water partition coefficient (Wildman–Crippen LogP) is 14.3. The van der Waals surface area contributed by atoms with Crippen molar-refractivity contribution in [1.82, 2.24) is 39.2 Å². The van der Waals surface area contributed by atoms with E-state index in [0.717, 1.165) is 12.8 Å². The van der Waals surface area contributed by atoms with Gasteiger partial charge in [-0.05, 0) is 124 Å². The summed E-state index contributed by atoms with van der Waals surface area (Å²) < 4.78 is 355. The van der Waals surface area contributed by atoms with Crippen molar-refractivity contribution in [3.05, 3.63) is 95.6 Å². The highest BCUT2D eigenvalue weighted by molar-refractivity contribution is 5.86. The largest absolute Gasteiger partial charge is 0.497 e. The minimum Gasteiger partial charge on any atom is -0.497 e. The number of halogens is 24. The molecule has 3 aromatic rings. The first kappa shape index (κ1) is 107. The summed E-state index contributed by atoms with van der Waals surface area (Å²) in [6, 6.07) is 21.6. The molecule has 3 aromatic carbocycles. The van der Waals surface area contributed by atoms with E-state index < -0.39 is 297 Å². The van der Waals surface area contributed by atoms with Crippen LogP contribution in [0.15, 0.2) is 78.9 Å². The van der Waals surface area contributed by atoms with Gasteiger partial charge < -0.3 is 58.1 Å². The quantitative estimate of drug-likeness (QED) is 0.0221. The third-order valence-electron chi connectivity index (χ3n) is 18.5. The summed E-state index contributed by atoms with van der Waals surface area (Å²) >= 11 is 0. The number of alkyl halides is 24. The number of hydrogen-bond acceptors (Lipinski definition) is 14. The molecule has 0 atom stereocenters. The molecule has 0 fully saturated rings. The van der Waals surface area contributed by atoms with Gasteiger partial charge in [0, 0.05) is 118 Å². The van der Waals surface area contributed by atoms with Gasteiger partial charge in [-0.3, -0.25) is 47.9 Å². The Morgan fingerprint density at radius 3 is 0.730 bits per heavy atom. The van der Waals surface area contributed by atoms with Crippen LogP contribution >= 0.6 is 0 Å². The van der Waals surface area contributed by atoms with Crippen LogP contribution < -0.4 is 9.47 Å². The fourth-order valence-electron chi connectivity index (χ4n) is 12.6. The number of benzene rings is 3. The fraction of sp³-hybridized carbons (Fsp3) is 0.632. The Hall–Kier alpha value is -9.56. The number of ether oxygens (including phenoxy) is 4. The number of amides is 8. The molecule has 8 amide bonds. The summed E-state index contributed by atoms with van der Waals surface area (Å²) in [6.07, 6.45) is -52.7. The van der Waals surface area contributed by atoms with Gasteiger partial charge in [0.05, 0.1) is 33.9 Å². The van der Waals surface area contributed by atoms with Gasteiger partial charge in [-0.1, -0.05) is 74.4 Å². The second-order valence-electron chi connectivity index (χ2n) is 27.6. The molecule has 46 heteroatoms. The monoisotopic (exact) mass is 1800 g/mol. The number of carbonyl (C=O) groups is 10. The van der Waals surface area contributed by atoms with E-state index in [0.29, 0.717) is 34.6 Å². The zero-order valence-corrected chi connectivity index (χ0v) is 66.3. The van der Waals surface area contributed by atoms with Crippen molar-refractivity contribution in [3.63, 3.8) is 0 Å². The van der Waals surface area contributed by atoms with E-state index in [9.17, 15) is 153 Å². The first-order valence-corrected chi connectivity index (χ1v) is 38.2. The summed E-state index contributed by atoms with van der Waals surface area (Å²) in [7, 11) is 2.83. The summed E-state index contributed by atoms with van der Waals surface area (Å²) in [5.74, 6) is -21.3. The second-order valence-corrected chi connectivity index (χ2v) is 27.6. The van der Waals surface area contributed by atoms with Crippen molar-refractivity contribution < 1.29 is 172 Å². The van der Waals surface area contributed by atoms with Crippen molar-refractivity contribution in [2.24, 2.45) is 0 Å². The van der Waals surface area contributed by atoms with E-state index in [4.69, 9.17) is 18.9 Å². The average Bonchev–Trinajstić information content (AvgIpc) is 0.752. The van der Waals surface area contributed by atoms with Crippen molar-refractivity contribution in [2.45, 2.75) is 178 Å². The minimum absolute atomic E-state index is 0.00466. The van der Waals surface area contributed by atoms with E-state index in [1.165, 1.54) is 14.2 Å². The number of nitrogens with zero attached hydrogens (tertiary/aromatic N) is 8. The van der Waals surface area contributed by atoms with Gasteiger partial charge in [0.15, 0.2) is 0 Å². The molecular weight excluding hydrogens is 1700 g/mol. The molecule has 3 rings (SSSR count). The summed E-state index contributed by atoms with van der Waals surface area (Å²) in [5.41, 5.74) is 0.0103. The van der Waals surface area contributed by atoms with Gasteiger partial charge >= 0.3 is 103 Å². The van der Waals surface area contributed by atoms with Gasteiger partial charge in [-0.15, -0.1) is 0 Å². The van der Waals surface area contributed by atoms with Crippen LogP contribution in [-0.2, 0) is 63.0 Å². The third kappa shape index (κ3) is 36.5. The van der Waals surface area contributed by atoms with Crippen LogP contribution in [-0.4, -0.2) is 280 Å². The van der Waals surface area contributed by atoms with Gasteiger partial charge in [0.1, 0.15) is 22.9 Å². The van der Waals surface area contributed by atoms with Crippen molar-refractivity contribution in [2.75, 3.05) is 132 Å². The molecule has 0 saturated heterocycles. The normalized spacial score (nSPS) is 12.5. The number of esters is 1. The van der Waals surface area contributed by atoms with Crippen LogP contribution in [0.2, 0.25) is 0 Å². The van der Waals surface area contributed by atoms with Gasteiger partial charge in [0.25, 0.3) is 0 Å². The number of carbonyl (C=O) groups excluding carboxylic acids is 10. The lowest BCUT2D eigenvalue weighted by atomic mass is 9.80. The van der Waals surface area contributed by atoms with E-state index in [-0.39, 0.29) is 70.7 Å². The lowest BCUT2D eigenvalue weighted by Crippen LogP contribution is -2.46. The standard InChI is InChI=1S/C76H94F24N8O14/c1-4-5-7-24-56(109)29-34-59(110)121-51-20-49-107(66(117)75(95,96)97)47-18-45-105(64(115)73(89,90)91)39-14-12-37-103(62(113)71(83,84)85)43-16-41-101(60(111)69(77,78)79)35-10-11-36-102(61(112)70(80,81)82)42-17-44-104(63(114)72(86,87)88)38-13-15-40-106(65(116)74(92,93)94)46-19-48-108(67(118)76(98,99)100)50-21-52-122-68(53-22-8-6-9-23-53,54-25-30-57(119-2)31-26-54)55-27-32-58(120-3)33-28-55/h6,8-9,22-23,25-28,30-33H,4-5,7,10-21,24,29,34-52H2,1-3H3. The second kappa shape index (κ2) is 49.1. The Kier molecular flexibility index (Phi) is 42.9.